The van der Waals surface area contributed by atoms with E-state index in [-0.39, 0.29) is 5.78 Å². The highest BCUT2D eigenvalue weighted by Crippen LogP contribution is 2.13. The first kappa shape index (κ1) is 9.44. The maximum absolute atomic E-state index is 11.0. The van der Waals surface area contributed by atoms with Gasteiger partial charge in [0.15, 0.2) is 5.78 Å². The third-order valence-corrected chi connectivity index (χ3v) is 1.94. The van der Waals surface area contributed by atoms with Crippen molar-refractivity contribution in [3.8, 4) is 5.88 Å². The first-order valence-electron chi connectivity index (χ1n) is 3.36. The normalized spacial score (nSPS) is 9.58. The van der Waals surface area contributed by atoms with Crippen molar-refractivity contribution in [1.29, 1.82) is 0 Å². The van der Waals surface area contributed by atoms with Crippen LogP contribution in [-0.4, -0.2) is 17.9 Å². The third kappa shape index (κ3) is 2.17. The van der Waals surface area contributed by atoms with Gasteiger partial charge in [-0.3, -0.25) is 4.79 Å². The Balaban J connectivity index is 3.15. The molecule has 1 aromatic rings. The standard InChI is InChI=1S/C8H8INO2/c1-5(11)6-3-7(9)10-8(4-6)12-2/h3-4H,1-2H3. The lowest BCUT2D eigenvalue weighted by atomic mass is 10.2. The molecule has 0 aliphatic rings. The van der Waals surface area contributed by atoms with Gasteiger partial charge in [-0.2, -0.15) is 0 Å². The summed E-state index contributed by atoms with van der Waals surface area (Å²) >= 11 is 2.04. The van der Waals surface area contributed by atoms with E-state index in [4.69, 9.17) is 4.74 Å². The van der Waals surface area contributed by atoms with Crippen molar-refractivity contribution in [1.82, 2.24) is 4.98 Å². The Morgan fingerprint density at radius 1 is 1.58 bits per heavy atom. The second-order valence-electron chi connectivity index (χ2n) is 2.28. The Morgan fingerprint density at radius 2 is 2.25 bits per heavy atom. The molecule has 4 heteroatoms. The molecule has 1 aromatic heterocycles. The number of carbonyl (C=O) groups is 1. The number of rotatable bonds is 2. The van der Waals surface area contributed by atoms with Gasteiger partial charge < -0.3 is 4.74 Å². The minimum absolute atomic E-state index is 0.0219. The monoisotopic (exact) mass is 277 g/mol. The Bertz CT molecular complexity index is 312. The third-order valence-electron chi connectivity index (χ3n) is 1.39. The second-order valence-corrected chi connectivity index (χ2v) is 3.38. The zero-order chi connectivity index (χ0) is 9.14. The van der Waals surface area contributed by atoms with E-state index in [1.807, 2.05) is 22.6 Å². The predicted molar refractivity (Wildman–Crippen MR) is 53.5 cm³/mol. The summed E-state index contributed by atoms with van der Waals surface area (Å²) in [5.41, 5.74) is 0.631. The predicted octanol–water partition coefficient (Wildman–Crippen LogP) is 1.90. The maximum atomic E-state index is 11.0. The van der Waals surface area contributed by atoms with Gasteiger partial charge in [0.25, 0.3) is 0 Å². The van der Waals surface area contributed by atoms with E-state index in [9.17, 15) is 4.79 Å². The zero-order valence-electron chi connectivity index (χ0n) is 6.80. The molecule has 0 saturated heterocycles. The first-order chi connectivity index (χ1) is 5.63. The molecule has 0 aliphatic carbocycles. The summed E-state index contributed by atoms with van der Waals surface area (Å²) in [5, 5.41) is 0. The molecule has 0 aromatic carbocycles. The van der Waals surface area contributed by atoms with E-state index < -0.39 is 0 Å². The van der Waals surface area contributed by atoms with Crippen LogP contribution in [0.2, 0.25) is 0 Å². The number of aromatic nitrogens is 1. The molecule has 0 fully saturated rings. The van der Waals surface area contributed by atoms with Crippen LogP contribution in [0.1, 0.15) is 17.3 Å². The number of halogens is 1. The summed E-state index contributed by atoms with van der Waals surface area (Å²) in [6, 6.07) is 3.36. The summed E-state index contributed by atoms with van der Waals surface area (Å²) in [7, 11) is 1.53. The molecule has 0 N–H and O–H groups in total. The number of hydrogen-bond donors (Lipinski definition) is 0. The number of ether oxygens (including phenoxy) is 1. The lowest BCUT2D eigenvalue weighted by Crippen LogP contribution is -1.97. The number of carbonyl (C=O) groups excluding carboxylic acids is 1. The van der Waals surface area contributed by atoms with Crippen LogP contribution in [0.25, 0.3) is 0 Å². The Labute approximate surface area is 84.3 Å². The van der Waals surface area contributed by atoms with Gasteiger partial charge in [-0.05, 0) is 35.6 Å². The molecule has 3 nitrogen and oxygen atoms in total. The molecule has 0 saturated carbocycles. The van der Waals surface area contributed by atoms with Crippen LogP contribution in [0.5, 0.6) is 5.88 Å². The number of hydrogen-bond acceptors (Lipinski definition) is 3. The summed E-state index contributed by atoms with van der Waals surface area (Å²) in [5.74, 6) is 0.501. The maximum Gasteiger partial charge on any atom is 0.214 e. The van der Waals surface area contributed by atoms with Crippen molar-refractivity contribution in [2.24, 2.45) is 0 Å². The Morgan fingerprint density at radius 3 is 2.75 bits per heavy atom. The van der Waals surface area contributed by atoms with Crippen LogP contribution in [0.3, 0.4) is 0 Å². The van der Waals surface area contributed by atoms with Crippen molar-refractivity contribution >= 4 is 28.4 Å². The number of nitrogens with zero attached hydrogens (tertiary/aromatic N) is 1. The molecule has 0 radical (unpaired) electrons. The highest BCUT2D eigenvalue weighted by atomic mass is 127. The SMILES string of the molecule is COc1cc(C(C)=O)cc(I)n1. The van der Waals surface area contributed by atoms with Crippen molar-refractivity contribution in [3.63, 3.8) is 0 Å². The van der Waals surface area contributed by atoms with Gasteiger partial charge in [-0.25, -0.2) is 4.98 Å². The highest BCUT2D eigenvalue weighted by Gasteiger charge is 2.03. The summed E-state index contributed by atoms with van der Waals surface area (Å²) in [6.45, 7) is 1.52. The number of methoxy groups -OCH3 is 1. The molecule has 12 heavy (non-hydrogen) atoms. The van der Waals surface area contributed by atoms with Crippen LogP contribution in [0, 0.1) is 3.70 Å². The summed E-state index contributed by atoms with van der Waals surface area (Å²) < 4.78 is 5.68. The van der Waals surface area contributed by atoms with Crippen molar-refractivity contribution in [2.45, 2.75) is 6.92 Å². The van der Waals surface area contributed by atoms with E-state index in [0.29, 0.717) is 11.4 Å². The average molecular weight is 277 g/mol. The van der Waals surface area contributed by atoms with Gasteiger partial charge in [0.05, 0.1) is 7.11 Å². The van der Waals surface area contributed by atoms with E-state index in [2.05, 4.69) is 4.98 Å². The summed E-state index contributed by atoms with van der Waals surface area (Å²) in [4.78, 5) is 15.0. The van der Waals surface area contributed by atoms with E-state index in [1.54, 1.807) is 12.1 Å². The fraction of sp³-hybridized carbons (Fsp3) is 0.250. The Kier molecular flexibility index (Phi) is 3.02. The van der Waals surface area contributed by atoms with Crippen LogP contribution < -0.4 is 4.74 Å². The average Bonchev–Trinajstić information content (AvgIpc) is 2.03. The van der Waals surface area contributed by atoms with Gasteiger partial charge in [-0.1, -0.05) is 0 Å². The largest absolute Gasteiger partial charge is 0.481 e. The summed E-state index contributed by atoms with van der Waals surface area (Å²) in [6.07, 6.45) is 0. The van der Waals surface area contributed by atoms with Crippen molar-refractivity contribution in [3.05, 3.63) is 21.4 Å². The minimum atomic E-state index is 0.0219. The molecule has 1 rings (SSSR count). The van der Waals surface area contributed by atoms with E-state index >= 15 is 0 Å². The van der Waals surface area contributed by atoms with Crippen LogP contribution in [0.4, 0.5) is 0 Å². The lowest BCUT2D eigenvalue weighted by Gasteiger charge is -2.01. The van der Waals surface area contributed by atoms with Crippen molar-refractivity contribution < 1.29 is 9.53 Å². The molecule has 0 unspecified atom stereocenters. The quantitative estimate of drug-likeness (QED) is 0.471. The second kappa shape index (κ2) is 3.84. The van der Waals surface area contributed by atoms with Gasteiger partial charge in [0, 0.05) is 11.6 Å². The molecular weight excluding hydrogens is 269 g/mol. The lowest BCUT2D eigenvalue weighted by molar-refractivity contribution is 0.101. The molecule has 0 atom stereocenters. The van der Waals surface area contributed by atoms with Crippen LogP contribution in [0.15, 0.2) is 12.1 Å². The molecular formula is C8H8INO2. The minimum Gasteiger partial charge on any atom is -0.481 e. The zero-order valence-corrected chi connectivity index (χ0v) is 8.95. The van der Waals surface area contributed by atoms with Gasteiger partial charge in [-0.15, -0.1) is 0 Å². The topological polar surface area (TPSA) is 39.2 Å². The molecule has 64 valence electrons. The molecule has 0 spiro atoms. The van der Waals surface area contributed by atoms with Gasteiger partial charge >= 0.3 is 0 Å². The Hall–Kier alpha value is -0.650. The fourth-order valence-corrected chi connectivity index (χ4v) is 1.35. The number of ketones is 1. The van der Waals surface area contributed by atoms with Crippen LogP contribution in [-0.2, 0) is 0 Å². The smallest absolute Gasteiger partial charge is 0.214 e. The number of Topliss-reactive ketones (excluding diaryl/α,β-unsaturated/α-hetero) is 1. The van der Waals surface area contributed by atoms with Gasteiger partial charge in [0.1, 0.15) is 3.70 Å². The highest BCUT2D eigenvalue weighted by molar-refractivity contribution is 14.1. The van der Waals surface area contributed by atoms with Gasteiger partial charge in [0.2, 0.25) is 5.88 Å². The fourth-order valence-electron chi connectivity index (χ4n) is 0.781. The first-order valence-corrected chi connectivity index (χ1v) is 4.44. The molecule has 1 heterocycles. The van der Waals surface area contributed by atoms with Crippen molar-refractivity contribution in [2.75, 3.05) is 7.11 Å². The molecule has 0 bridgehead atoms. The van der Waals surface area contributed by atoms with Crippen LogP contribution >= 0.6 is 22.6 Å². The molecule has 0 amide bonds. The van der Waals surface area contributed by atoms with E-state index in [0.717, 1.165) is 3.70 Å². The van der Waals surface area contributed by atoms with E-state index in [1.165, 1.54) is 14.0 Å². The number of pyridine rings is 1. The molecule has 0 aliphatic heterocycles.